The third kappa shape index (κ3) is 3.70. The first kappa shape index (κ1) is 19.4. The SMILES string of the molecule is COCCn1c(=O)c2c(nc(N3CCNCC3)n2CC=C(C)C)n(C)c1=O. The van der Waals surface area contributed by atoms with E-state index in [0.29, 0.717) is 24.3 Å². The maximum atomic E-state index is 13.2. The van der Waals surface area contributed by atoms with Crippen LogP contribution in [0.2, 0.25) is 0 Å². The van der Waals surface area contributed by atoms with E-state index in [0.717, 1.165) is 37.7 Å². The van der Waals surface area contributed by atoms with E-state index in [9.17, 15) is 9.59 Å². The zero-order valence-corrected chi connectivity index (χ0v) is 16.5. The number of aryl methyl sites for hydroxylation is 1. The number of nitrogens with one attached hydrogen (secondary N) is 1. The summed E-state index contributed by atoms with van der Waals surface area (Å²) in [5, 5.41) is 3.33. The van der Waals surface area contributed by atoms with Crippen molar-refractivity contribution in [3.05, 3.63) is 32.5 Å². The fourth-order valence-corrected chi connectivity index (χ4v) is 3.29. The Hall–Kier alpha value is -2.39. The first-order valence-electron chi connectivity index (χ1n) is 9.23. The monoisotopic (exact) mass is 376 g/mol. The lowest BCUT2D eigenvalue weighted by atomic mass is 10.3. The summed E-state index contributed by atoms with van der Waals surface area (Å²) in [4.78, 5) is 32.7. The van der Waals surface area contributed by atoms with Crippen molar-refractivity contribution in [3.63, 3.8) is 0 Å². The van der Waals surface area contributed by atoms with Gasteiger partial charge in [0.05, 0.1) is 13.2 Å². The Labute approximate surface area is 157 Å². The van der Waals surface area contributed by atoms with Crippen LogP contribution < -0.4 is 21.5 Å². The van der Waals surface area contributed by atoms with Crippen molar-refractivity contribution in [1.29, 1.82) is 0 Å². The molecule has 0 aliphatic carbocycles. The second-order valence-electron chi connectivity index (χ2n) is 7.00. The number of anilines is 1. The Kier molecular flexibility index (Phi) is 5.81. The summed E-state index contributed by atoms with van der Waals surface area (Å²) in [6.07, 6.45) is 2.07. The van der Waals surface area contributed by atoms with E-state index in [1.807, 2.05) is 18.4 Å². The molecule has 9 nitrogen and oxygen atoms in total. The minimum Gasteiger partial charge on any atom is -0.383 e. The van der Waals surface area contributed by atoms with E-state index < -0.39 is 0 Å². The van der Waals surface area contributed by atoms with Crippen LogP contribution in [-0.2, 0) is 24.9 Å². The third-order valence-corrected chi connectivity index (χ3v) is 4.81. The van der Waals surface area contributed by atoms with Gasteiger partial charge < -0.3 is 19.5 Å². The molecule has 0 radical (unpaired) electrons. The van der Waals surface area contributed by atoms with Gasteiger partial charge in [-0.2, -0.15) is 4.98 Å². The molecule has 2 aromatic heterocycles. The van der Waals surface area contributed by atoms with Crippen LogP contribution in [0.4, 0.5) is 5.95 Å². The lowest BCUT2D eigenvalue weighted by molar-refractivity contribution is 0.184. The summed E-state index contributed by atoms with van der Waals surface area (Å²) < 4.78 is 9.68. The van der Waals surface area contributed by atoms with Crippen molar-refractivity contribution in [3.8, 4) is 0 Å². The summed E-state index contributed by atoms with van der Waals surface area (Å²) in [5.74, 6) is 0.737. The maximum absolute atomic E-state index is 13.2. The molecule has 3 heterocycles. The molecule has 9 heteroatoms. The predicted molar refractivity (Wildman–Crippen MR) is 106 cm³/mol. The summed E-state index contributed by atoms with van der Waals surface area (Å²) in [6.45, 7) is 8.45. The Morgan fingerprint density at radius 1 is 1.22 bits per heavy atom. The zero-order chi connectivity index (χ0) is 19.6. The highest BCUT2D eigenvalue weighted by Crippen LogP contribution is 2.20. The van der Waals surface area contributed by atoms with E-state index in [1.54, 1.807) is 14.2 Å². The van der Waals surface area contributed by atoms with E-state index in [-0.39, 0.29) is 17.8 Å². The lowest BCUT2D eigenvalue weighted by Gasteiger charge is -2.28. The van der Waals surface area contributed by atoms with Crippen LogP contribution in [-0.4, -0.2) is 58.6 Å². The van der Waals surface area contributed by atoms with Gasteiger partial charge in [-0.3, -0.25) is 13.9 Å². The fourth-order valence-electron chi connectivity index (χ4n) is 3.29. The molecule has 2 aromatic rings. The van der Waals surface area contributed by atoms with Crippen LogP contribution in [0.5, 0.6) is 0 Å². The molecule has 27 heavy (non-hydrogen) atoms. The van der Waals surface area contributed by atoms with Gasteiger partial charge in [0.25, 0.3) is 5.56 Å². The maximum Gasteiger partial charge on any atom is 0.332 e. The normalized spacial score (nSPS) is 14.7. The van der Waals surface area contributed by atoms with E-state index in [2.05, 4.69) is 16.3 Å². The molecule has 148 valence electrons. The highest BCUT2D eigenvalue weighted by molar-refractivity contribution is 5.74. The smallest absolute Gasteiger partial charge is 0.332 e. The number of allylic oxidation sites excluding steroid dienone is 2. The van der Waals surface area contributed by atoms with Crippen molar-refractivity contribution in [2.75, 3.05) is 44.8 Å². The number of piperazine rings is 1. The number of ether oxygens (including phenoxy) is 1. The molecule has 1 aliphatic rings. The molecule has 0 bridgehead atoms. The number of hydrogen-bond acceptors (Lipinski definition) is 6. The molecule has 1 N–H and O–H groups in total. The van der Waals surface area contributed by atoms with Gasteiger partial charge in [0, 0.05) is 46.9 Å². The van der Waals surface area contributed by atoms with Crippen molar-refractivity contribution in [2.24, 2.45) is 7.05 Å². The lowest BCUT2D eigenvalue weighted by Crippen LogP contribution is -2.44. The number of aromatic nitrogens is 4. The first-order valence-corrected chi connectivity index (χ1v) is 9.23. The fraction of sp³-hybridized carbons (Fsp3) is 0.611. The molecule has 0 atom stereocenters. The topological polar surface area (TPSA) is 86.3 Å². The van der Waals surface area contributed by atoms with Gasteiger partial charge in [-0.25, -0.2) is 4.79 Å². The number of rotatable bonds is 6. The molecule has 0 saturated carbocycles. The third-order valence-electron chi connectivity index (χ3n) is 4.81. The standard InChI is InChI=1S/C18H28N6O3/c1-13(2)5-8-23-14-15(20-17(23)22-9-6-19-7-10-22)21(3)18(26)24(16(14)25)11-12-27-4/h5,19H,6-12H2,1-4H3. The molecular formula is C18H28N6O3. The van der Waals surface area contributed by atoms with Crippen molar-refractivity contribution in [2.45, 2.75) is 26.9 Å². The molecule has 0 spiro atoms. The van der Waals surface area contributed by atoms with Gasteiger partial charge >= 0.3 is 5.69 Å². The Bertz CT molecular complexity index is 958. The van der Waals surface area contributed by atoms with E-state index in [4.69, 9.17) is 9.72 Å². The Balaban J connectivity index is 2.26. The summed E-state index contributed by atoms with van der Waals surface area (Å²) >= 11 is 0. The average molecular weight is 376 g/mol. The summed E-state index contributed by atoms with van der Waals surface area (Å²) in [5.41, 5.74) is 1.35. The number of imidazole rings is 1. The molecule has 1 aliphatic heterocycles. The molecule has 0 amide bonds. The second-order valence-corrected chi connectivity index (χ2v) is 7.00. The minimum absolute atomic E-state index is 0.217. The second kappa shape index (κ2) is 8.10. The van der Waals surface area contributed by atoms with Crippen LogP contribution in [0.3, 0.4) is 0 Å². The zero-order valence-electron chi connectivity index (χ0n) is 16.5. The van der Waals surface area contributed by atoms with Gasteiger partial charge in [-0.05, 0) is 13.8 Å². The van der Waals surface area contributed by atoms with Crippen molar-refractivity contribution in [1.82, 2.24) is 24.0 Å². The highest BCUT2D eigenvalue weighted by Gasteiger charge is 2.23. The van der Waals surface area contributed by atoms with Crippen LogP contribution in [0.1, 0.15) is 13.8 Å². The number of methoxy groups -OCH3 is 1. The molecular weight excluding hydrogens is 348 g/mol. The Morgan fingerprint density at radius 3 is 2.56 bits per heavy atom. The average Bonchev–Trinajstić information content (AvgIpc) is 3.05. The number of hydrogen-bond donors (Lipinski definition) is 1. The first-order chi connectivity index (χ1) is 13.0. The van der Waals surface area contributed by atoms with Crippen molar-refractivity contribution < 1.29 is 4.74 Å². The number of fused-ring (bicyclic) bond motifs is 1. The van der Waals surface area contributed by atoms with Gasteiger partial charge in [-0.15, -0.1) is 0 Å². The van der Waals surface area contributed by atoms with Crippen LogP contribution >= 0.6 is 0 Å². The predicted octanol–water partition coefficient (Wildman–Crippen LogP) is -0.0811. The van der Waals surface area contributed by atoms with Crippen LogP contribution in [0.25, 0.3) is 11.2 Å². The molecule has 0 unspecified atom stereocenters. The summed E-state index contributed by atoms with van der Waals surface area (Å²) in [6, 6.07) is 0. The molecule has 0 aromatic carbocycles. The van der Waals surface area contributed by atoms with Crippen molar-refractivity contribution >= 4 is 17.1 Å². The number of nitrogens with zero attached hydrogens (tertiary/aromatic N) is 5. The van der Waals surface area contributed by atoms with E-state index in [1.165, 1.54) is 9.13 Å². The quantitative estimate of drug-likeness (QED) is 0.710. The highest BCUT2D eigenvalue weighted by atomic mass is 16.5. The van der Waals surface area contributed by atoms with Crippen LogP contribution in [0.15, 0.2) is 21.2 Å². The molecule has 1 saturated heterocycles. The van der Waals surface area contributed by atoms with Gasteiger partial charge in [0.15, 0.2) is 11.2 Å². The largest absolute Gasteiger partial charge is 0.383 e. The van der Waals surface area contributed by atoms with Gasteiger partial charge in [-0.1, -0.05) is 11.6 Å². The van der Waals surface area contributed by atoms with Gasteiger partial charge in [0.1, 0.15) is 0 Å². The van der Waals surface area contributed by atoms with Gasteiger partial charge in [0.2, 0.25) is 5.95 Å². The summed E-state index contributed by atoms with van der Waals surface area (Å²) in [7, 11) is 3.21. The molecule has 1 fully saturated rings. The van der Waals surface area contributed by atoms with Crippen LogP contribution in [0, 0.1) is 0 Å². The molecule has 3 rings (SSSR count). The Morgan fingerprint density at radius 2 is 1.93 bits per heavy atom. The van der Waals surface area contributed by atoms with E-state index >= 15 is 0 Å². The minimum atomic E-state index is -0.372.